The van der Waals surface area contributed by atoms with E-state index < -0.39 is 0 Å². The fourth-order valence-electron chi connectivity index (χ4n) is 3.97. The molecule has 1 N–H and O–H groups in total. The smallest absolute Gasteiger partial charge is 0.250 e. The van der Waals surface area contributed by atoms with E-state index in [1.165, 1.54) is 27.3 Å². The van der Waals surface area contributed by atoms with E-state index >= 15 is 0 Å². The number of amides is 1. The van der Waals surface area contributed by atoms with Crippen molar-refractivity contribution in [1.29, 1.82) is 0 Å². The van der Waals surface area contributed by atoms with Gasteiger partial charge in [0.1, 0.15) is 39.2 Å². The first kappa shape index (κ1) is 21.7. The summed E-state index contributed by atoms with van der Waals surface area (Å²) in [6.07, 6.45) is 8.71. The average molecular weight is 415 g/mol. The number of hydrogen-bond acceptors (Lipinski definition) is 4. The predicted molar refractivity (Wildman–Crippen MR) is 147 cm³/mol. The monoisotopic (exact) mass is 415 g/mol. The molecule has 1 amide bonds. The van der Waals surface area contributed by atoms with Crippen molar-refractivity contribution in [3.05, 3.63) is 48.6 Å². The fraction of sp³-hybridized carbons (Fsp3) is 0.0476. The van der Waals surface area contributed by atoms with Crippen molar-refractivity contribution in [3.63, 3.8) is 0 Å². The van der Waals surface area contributed by atoms with E-state index in [1.54, 1.807) is 18.6 Å². The Labute approximate surface area is 192 Å². The minimum absolute atomic E-state index is 0.262. The molecule has 0 spiro atoms. The second kappa shape index (κ2) is 8.57. The van der Waals surface area contributed by atoms with Crippen LogP contribution in [-0.2, 0) is 11.8 Å². The summed E-state index contributed by atoms with van der Waals surface area (Å²) in [5.74, 6) is 0.0147. The molecular formula is C21H22B5N5O. The molecule has 0 unspecified atom stereocenters. The van der Waals surface area contributed by atoms with Gasteiger partial charge in [-0.1, -0.05) is 29.1 Å². The van der Waals surface area contributed by atoms with Gasteiger partial charge in [-0.15, -0.1) is 16.4 Å². The quantitative estimate of drug-likeness (QED) is 0.268. The van der Waals surface area contributed by atoms with Crippen LogP contribution in [0.15, 0.2) is 43.0 Å². The lowest BCUT2D eigenvalue weighted by Crippen LogP contribution is -2.55. The molecule has 6 nitrogen and oxygen atoms in total. The molecule has 0 bridgehead atoms. The number of aromatic nitrogens is 4. The summed E-state index contributed by atoms with van der Waals surface area (Å²) in [6.45, 7) is 0. The number of rotatable bonds is 4. The van der Waals surface area contributed by atoms with E-state index in [9.17, 15) is 4.79 Å². The molecule has 0 aliphatic heterocycles. The van der Waals surface area contributed by atoms with Crippen LogP contribution in [0, 0.1) is 0 Å². The van der Waals surface area contributed by atoms with Gasteiger partial charge in [-0.05, 0) is 11.6 Å². The highest BCUT2D eigenvalue weighted by molar-refractivity contribution is 6.67. The molecule has 0 atom stereocenters. The third-order valence-corrected chi connectivity index (χ3v) is 6.39. The molecule has 152 valence electrons. The lowest BCUT2D eigenvalue weighted by atomic mass is 9.60. The number of anilines is 1. The lowest BCUT2D eigenvalue weighted by molar-refractivity contribution is -0.111. The second-order valence-electron chi connectivity index (χ2n) is 8.22. The number of carbonyl (C=O) groups excluding carboxylic acids is 1. The minimum atomic E-state index is -0.262. The van der Waals surface area contributed by atoms with E-state index in [0.29, 0.717) is 0 Å². The molecule has 0 saturated carbocycles. The average Bonchev–Trinajstić information content (AvgIpc) is 3.21. The molecule has 32 heavy (non-hydrogen) atoms. The van der Waals surface area contributed by atoms with Crippen LogP contribution in [0.1, 0.15) is 5.56 Å². The van der Waals surface area contributed by atoms with Gasteiger partial charge in [-0.2, -0.15) is 0 Å². The van der Waals surface area contributed by atoms with E-state index in [2.05, 4.69) is 59.5 Å². The number of fused-ring (bicyclic) bond motifs is 1. The number of carbonyl (C=O) groups is 1. The molecule has 0 radical (unpaired) electrons. The van der Waals surface area contributed by atoms with Crippen molar-refractivity contribution < 1.29 is 4.79 Å². The van der Waals surface area contributed by atoms with Crippen molar-refractivity contribution in [3.8, 4) is 11.3 Å². The predicted octanol–water partition coefficient (Wildman–Crippen LogP) is -5.03. The van der Waals surface area contributed by atoms with Crippen LogP contribution in [0.25, 0.3) is 28.2 Å². The van der Waals surface area contributed by atoms with Crippen LogP contribution in [0.5, 0.6) is 0 Å². The van der Waals surface area contributed by atoms with Crippen molar-refractivity contribution in [2.24, 2.45) is 7.05 Å². The summed E-state index contributed by atoms with van der Waals surface area (Å²) in [7, 11) is 12.5. The topological polar surface area (TPSA) is 72.7 Å². The van der Waals surface area contributed by atoms with Gasteiger partial charge in [-0.3, -0.25) is 10.1 Å². The highest BCUT2D eigenvalue weighted by Crippen LogP contribution is 2.23. The Morgan fingerprint density at radius 3 is 2.34 bits per heavy atom. The van der Waals surface area contributed by atoms with E-state index in [1.807, 2.05) is 42.1 Å². The van der Waals surface area contributed by atoms with Gasteiger partial charge in [0.2, 0.25) is 5.95 Å². The Morgan fingerprint density at radius 2 is 1.69 bits per heavy atom. The standard InChI is InChI=1S/C21H22B5N5O/c1-31-9-27-8-14(31)10-2-3-11-7-28-21(29-13(11)6-10)30-15(32)5-4-12-16(22)18(24)20(26)19(25)17(12)23/h2-9H,22-26H2,1H3,(H,28,29,30,32)/b5-4+. The highest BCUT2D eigenvalue weighted by Gasteiger charge is 2.10. The summed E-state index contributed by atoms with van der Waals surface area (Å²) in [5.41, 5.74) is 10.1. The molecule has 2 aromatic heterocycles. The molecular weight excluding hydrogens is 392 g/mol. The third kappa shape index (κ3) is 4.02. The zero-order valence-electron chi connectivity index (χ0n) is 19.3. The van der Waals surface area contributed by atoms with Crippen molar-refractivity contribution >= 4 is 95.4 Å². The summed E-state index contributed by atoms with van der Waals surface area (Å²) >= 11 is 0. The van der Waals surface area contributed by atoms with Gasteiger partial charge in [0.15, 0.2) is 0 Å². The maximum atomic E-state index is 12.6. The molecule has 0 fully saturated rings. The first-order valence-electron chi connectivity index (χ1n) is 10.6. The summed E-state index contributed by atoms with van der Waals surface area (Å²) in [4.78, 5) is 25.6. The van der Waals surface area contributed by atoms with Crippen LogP contribution in [0.2, 0.25) is 0 Å². The van der Waals surface area contributed by atoms with Gasteiger partial charge >= 0.3 is 0 Å². The van der Waals surface area contributed by atoms with E-state index in [4.69, 9.17) is 0 Å². The van der Waals surface area contributed by atoms with Crippen LogP contribution in [-0.4, -0.2) is 64.7 Å². The zero-order valence-corrected chi connectivity index (χ0v) is 19.3. The Bertz CT molecular complexity index is 1370. The van der Waals surface area contributed by atoms with Crippen LogP contribution < -0.4 is 32.6 Å². The maximum Gasteiger partial charge on any atom is 0.250 e. The maximum absolute atomic E-state index is 12.6. The number of nitrogens with zero attached hydrogens (tertiary/aromatic N) is 4. The Hall–Kier alpha value is -3.48. The van der Waals surface area contributed by atoms with E-state index in [0.717, 1.165) is 27.7 Å². The molecule has 0 aliphatic carbocycles. The molecule has 11 heteroatoms. The van der Waals surface area contributed by atoms with Gasteiger partial charge in [0.05, 0.1) is 23.7 Å². The normalized spacial score (nSPS) is 11.3. The van der Waals surface area contributed by atoms with Crippen molar-refractivity contribution in [2.75, 3.05) is 5.32 Å². The fourth-order valence-corrected chi connectivity index (χ4v) is 3.97. The Morgan fingerprint density at radius 1 is 1.00 bits per heavy atom. The van der Waals surface area contributed by atoms with Crippen molar-refractivity contribution in [2.45, 2.75) is 0 Å². The first-order chi connectivity index (χ1) is 15.3. The molecule has 2 aromatic carbocycles. The number of imidazole rings is 1. The van der Waals surface area contributed by atoms with Crippen LogP contribution >= 0.6 is 0 Å². The summed E-state index contributed by atoms with van der Waals surface area (Å²) in [5, 5.41) is 3.69. The molecule has 4 rings (SSSR count). The van der Waals surface area contributed by atoms with Crippen LogP contribution in [0.3, 0.4) is 0 Å². The van der Waals surface area contributed by atoms with Gasteiger partial charge < -0.3 is 4.57 Å². The molecule has 0 saturated heterocycles. The van der Waals surface area contributed by atoms with Gasteiger partial charge in [0, 0.05) is 30.3 Å². The van der Waals surface area contributed by atoms with Crippen LogP contribution in [0.4, 0.5) is 5.95 Å². The largest absolute Gasteiger partial charge is 0.334 e. The zero-order chi connectivity index (χ0) is 23.0. The lowest BCUT2D eigenvalue weighted by Gasteiger charge is -2.17. The Balaban J connectivity index is 1.58. The van der Waals surface area contributed by atoms with Gasteiger partial charge in [-0.25, -0.2) is 15.0 Å². The van der Waals surface area contributed by atoms with Crippen molar-refractivity contribution in [1.82, 2.24) is 19.5 Å². The number of benzene rings is 2. The molecule has 2 heterocycles. The third-order valence-electron chi connectivity index (χ3n) is 6.39. The SMILES string of the molecule is Bc1c(B)c(B)c(/C=C/C(=O)Nc2ncc3ccc(-c4cncn4C)cc3n2)c(B)c1B. The number of nitrogens with one attached hydrogen (secondary N) is 1. The molecule has 0 aliphatic rings. The first-order valence-corrected chi connectivity index (χ1v) is 10.6. The number of aryl methyl sites for hydroxylation is 1. The second-order valence-corrected chi connectivity index (χ2v) is 8.22. The van der Waals surface area contributed by atoms with Gasteiger partial charge in [0.25, 0.3) is 5.91 Å². The highest BCUT2D eigenvalue weighted by atomic mass is 16.1. The Kier molecular flexibility index (Phi) is 5.83. The summed E-state index contributed by atoms with van der Waals surface area (Å²) < 4.78 is 1.95. The van der Waals surface area contributed by atoms with E-state index in [-0.39, 0.29) is 11.9 Å². The minimum Gasteiger partial charge on any atom is -0.334 e. The molecule has 4 aromatic rings. The summed E-state index contributed by atoms with van der Waals surface area (Å²) in [6, 6.07) is 5.96. The number of hydrogen-bond donors (Lipinski definition) is 1.